The Hall–Kier alpha value is -1.31. The highest BCUT2D eigenvalue weighted by atomic mass is 127. The lowest BCUT2D eigenvalue weighted by atomic mass is 10.1. The molecule has 5 nitrogen and oxygen atoms in total. The van der Waals surface area contributed by atoms with Gasteiger partial charge in [-0.25, -0.2) is 4.99 Å². The van der Waals surface area contributed by atoms with E-state index >= 15 is 0 Å². The number of halogens is 1. The van der Waals surface area contributed by atoms with E-state index in [0.29, 0.717) is 24.6 Å². The average Bonchev–Trinajstić information content (AvgIpc) is 2.60. The summed E-state index contributed by atoms with van der Waals surface area (Å²) in [7, 11) is 0. The molecule has 0 saturated heterocycles. The molecule has 6 heteroatoms. The Labute approximate surface area is 169 Å². The van der Waals surface area contributed by atoms with Gasteiger partial charge >= 0.3 is 0 Å². The molecule has 0 aliphatic rings. The number of benzene rings is 1. The predicted molar refractivity (Wildman–Crippen MR) is 117 cm³/mol. The molecule has 0 saturated carbocycles. The molecule has 1 aromatic rings. The van der Waals surface area contributed by atoms with Crippen molar-refractivity contribution in [3.05, 3.63) is 35.4 Å². The van der Waals surface area contributed by atoms with E-state index in [-0.39, 0.29) is 29.9 Å². The van der Waals surface area contributed by atoms with E-state index in [9.17, 15) is 4.79 Å². The van der Waals surface area contributed by atoms with Crippen molar-refractivity contribution in [1.82, 2.24) is 10.6 Å². The minimum absolute atomic E-state index is 0. The van der Waals surface area contributed by atoms with Crippen LogP contribution in [0.15, 0.2) is 29.3 Å². The quantitative estimate of drug-likeness (QED) is 0.203. The first-order valence-corrected chi connectivity index (χ1v) is 9.08. The van der Waals surface area contributed by atoms with Gasteiger partial charge in [0.05, 0.1) is 6.54 Å². The molecule has 0 aliphatic heterocycles. The van der Waals surface area contributed by atoms with Crippen molar-refractivity contribution in [3.8, 4) is 0 Å². The van der Waals surface area contributed by atoms with Crippen LogP contribution in [0.4, 0.5) is 0 Å². The molecule has 1 aromatic carbocycles. The molecule has 142 valence electrons. The van der Waals surface area contributed by atoms with Gasteiger partial charge in [0.25, 0.3) is 5.91 Å². The van der Waals surface area contributed by atoms with E-state index in [4.69, 9.17) is 5.73 Å². The zero-order chi connectivity index (χ0) is 17.6. The zero-order valence-corrected chi connectivity index (χ0v) is 17.8. The van der Waals surface area contributed by atoms with E-state index in [1.807, 2.05) is 31.2 Å². The summed E-state index contributed by atoms with van der Waals surface area (Å²) >= 11 is 0. The van der Waals surface area contributed by atoms with Gasteiger partial charge in [0.15, 0.2) is 5.96 Å². The lowest BCUT2D eigenvalue weighted by molar-refractivity contribution is 0.0956. The van der Waals surface area contributed by atoms with Gasteiger partial charge in [-0.2, -0.15) is 0 Å². The summed E-state index contributed by atoms with van der Waals surface area (Å²) in [5.41, 5.74) is 7.58. The van der Waals surface area contributed by atoms with Gasteiger partial charge in [0, 0.05) is 18.7 Å². The first-order valence-electron chi connectivity index (χ1n) is 9.08. The normalized spacial score (nSPS) is 10.9. The van der Waals surface area contributed by atoms with Gasteiger partial charge in [-0.3, -0.25) is 4.79 Å². The molecular formula is C19H33IN4O. The summed E-state index contributed by atoms with van der Waals surface area (Å²) in [6.45, 7) is 6.16. The first-order chi connectivity index (χ1) is 11.7. The van der Waals surface area contributed by atoms with E-state index in [1.54, 1.807) is 0 Å². The van der Waals surface area contributed by atoms with Crippen molar-refractivity contribution in [2.45, 2.75) is 58.9 Å². The first kappa shape index (κ1) is 23.7. The van der Waals surface area contributed by atoms with Crippen LogP contribution >= 0.6 is 24.0 Å². The fourth-order valence-electron chi connectivity index (χ4n) is 2.38. The number of hydrogen-bond acceptors (Lipinski definition) is 2. The zero-order valence-electron chi connectivity index (χ0n) is 15.5. The van der Waals surface area contributed by atoms with Gasteiger partial charge in [-0.15, -0.1) is 24.0 Å². The van der Waals surface area contributed by atoms with E-state index in [0.717, 1.165) is 18.5 Å². The summed E-state index contributed by atoms with van der Waals surface area (Å²) in [5, 5.41) is 5.93. The van der Waals surface area contributed by atoms with Crippen molar-refractivity contribution < 1.29 is 4.79 Å². The Morgan fingerprint density at radius 2 is 1.64 bits per heavy atom. The van der Waals surface area contributed by atoms with Gasteiger partial charge in [-0.1, -0.05) is 51.2 Å². The van der Waals surface area contributed by atoms with Gasteiger partial charge in [0.1, 0.15) is 0 Å². The van der Waals surface area contributed by atoms with Gasteiger partial charge in [0.2, 0.25) is 0 Å². The van der Waals surface area contributed by atoms with Crippen LogP contribution in [0.1, 0.15) is 68.3 Å². The number of aliphatic imine (C=N–C) groups is 1. The van der Waals surface area contributed by atoms with Crippen molar-refractivity contribution in [2.24, 2.45) is 10.7 Å². The minimum atomic E-state index is -0.0485. The van der Waals surface area contributed by atoms with Crippen molar-refractivity contribution in [2.75, 3.05) is 13.1 Å². The molecule has 0 bridgehead atoms. The third-order valence-corrected chi connectivity index (χ3v) is 3.82. The van der Waals surface area contributed by atoms with Crippen LogP contribution in [-0.2, 0) is 6.54 Å². The van der Waals surface area contributed by atoms with Crippen molar-refractivity contribution in [1.29, 1.82) is 0 Å². The number of carbonyl (C=O) groups is 1. The second-order valence-corrected chi connectivity index (χ2v) is 5.95. The molecule has 0 heterocycles. The molecular weight excluding hydrogens is 427 g/mol. The third-order valence-electron chi connectivity index (χ3n) is 3.82. The molecule has 0 radical (unpaired) electrons. The number of guanidine groups is 1. The van der Waals surface area contributed by atoms with Gasteiger partial charge < -0.3 is 16.4 Å². The molecule has 0 unspecified atom stereocenters. The Morgan fingerprint density at radius 1 is 1.00 bits per heavy atom. The second-order valence-electron chi connectivity index (χ2n) is 5.95. The number of hydrogen-bond donors (Lipinski definition) is 3. The number of carbonyl (C=O) groups excluding carboxylic acids is 1. The number of unbranched alkanes of at least 4 members (excludes halogenated alkanes) is 5. The predicted octanol–water partition coefficient (Wildman–Crippen LogP) is 3.82. The summed E-state index contributed by atoms with van der Waals surface area (Å²) in [6, 6.07) is 7.45. The number of nitrogens with one attached hydrogen (secondary N) is 2. The van der Waals surface area contributed by atoms with E-state index in [2.05, 4.69) is 22.5 Å². The number of amides is 1. The fraction of sp³-hybridized carbons (Fsp3) is 0.579. The lowest BCUT2D eigenvalue weighted by Gasteiger charge is -2.06. The maximum absolute atomic E-state index is 11.7. The van der Waals surface area contributed by atoms with Crippen LogP contribution in [0, 0.1) is 0 Å². The van der Waals surface area contributed by atoms with E-state index < -0.39 is 0 Å². The molecule has 0 fully saturated rings. The Morgan fingerprint density at radius 3 is 2.28 bits per heavy atom. The fourth-order valence-corrected chi connectivity index (χ4v) is 2.38. The van der Waals surface area contributed by atoms with Crippen molar-refractivity contribution >= 4 is 35.8 Å². The summed E-state index contributed by atoms with van der Waals surface area (Å²) in [5.74, 6) is 0.434. The molecule has 0 aliphatic carbocycles. The summed E-state index contributed by atoms with van der Waals surface area (Å²) in [6.07, 6.45) is 7.59. The highest BCUT2D eigenvalue weighted by molar-refractivity contribution is 14.0. The largest absolute Gasteiger partial charge is 0.370 e. The number of nitrogens with zero attached hydrogens (tertiary/aromatic N) is 1. The van der Waals surface area contributed by atoms with Crippen LogP contribution in [0.5, 0.6) is 0 Å². The Balaban J connectivity index is 0.00000576. The van der Waals surface area contributed by atoms with Crippen LogP contribution in [0.2, 0.25) is 0 Å². The highest BCUT2D eigenvalue weighted by Gasteiger charge is 2.03. The van der Waals surface area contributed by atoms with Crippen LogP contribution in [0.3, 0.4) is 0 Å². The van der Waals surface area contributed by atoms with Crippen LogP contribution in [-0.4, -0.2) is 25.0 Å². The maximum Gasteiger partial charge on any atom is 0.251 e. The number of rotatable bonds is 11. The lowest BCUT2D eigenvalue weighted by Crippen LogP contribution is -2.32. The minimum Gasteiger partial charge on any atom is -0.370 e. The monoisotopic (exact) mass is 460 g/mol. The standard InChI is InChI=1S/C19H32N4O.HI/c1-3-5-6-7-8-9-14-22-19(20)23-15-16-10-12-17(13-11-16)18(24)21-4-2;/h10-13H,3-9,14-15H2,1-2H3,(H,21,24)(H3,20,22,23);1H. The van der Waals surface area contributed by atoms with Crippen LogP contribution in [0.25, 0.3) is 0 Å². The topological polar surface area (TPSA) is 79.5 Å². The number of nitrogens with two attached hydrogens (primary N) is 1. The molecule has 0 spiro atoms. The van der Waals surface area contributed by atoms with E-state index in [1.165, 1.54) is 32.1 Å². The third kappa shape index (κ3) is 11.0. The maximum atomic E-state index is 11.7. The SMILES string of the molecule is CCCCCCCCNC(N)=NCc1ccc(C(=O)NCC)cc1.I. The summed E-state index contributed by atoms with van der Waals surface area (Å²) in [4.78, 5) is 16.0. The smallest absolute Gasteiger partial charge is 0.251 e. The Kier molecular flexibility index (Phi) is 14.2. The molecule has 1 amide bonds. The molecule has 0 aromatic heterocycles. The average molecular weight is 460 g/mol. The van der Waals surface area contributed by atoms with Gasteiger partial charge in [-0.05, 0) is 31.0 Å². The molecule has 0 atom stereocenters. The second kappa shape index (κ2) is 15.0. The molecule has 4 N–H and O–H groups in total. The highest BCUT2D eigenvalue weighted by Crippen LogP contribution is 2.06. The Bertz CT molecular complexity index is 503. The molecule has 1 rings (SSSR count). The molecule has 25 heavy (non-hydrogen) atoms. The van der Waals surface area contributed by atoms with Crippen molar-refractivity contribution in [3.63, 3.8) is 0 Å². The van der Waals surface area contributed by atoms with Crippen LogP contribution < -0.4 is 16.4 Å². The summed E-state index contributed by atoms with van der Waals surface area (Å²) < 4.78 is 0.